The SMILES string of the molecule is CCCNC(c1ccc(F)c(C)c1)C(C)(CC)OC. The van der Waals surface area contributed by atoms with Gasteiger partial charge in [-0.3, -0.25) is 0 Å². The third kappa shape index (κ3) is 3.77. The molecule has 2 nitrogen and oxygen atoms in total. The Morgan fingerprint density at radius 3 is 2.53 bits per heavy atom. The van der Waals surface area contributed by atoms with E-state index >= 15 is 0 Å². The van der Waals surface area contributed by atoms with Crippen molar-refractivity contribution in [3.63, 3.8) is 0 Å². The van der Waals surface area contributed by atoms with Crippen LogP contribution in [0.5, 0.6) is 0 Å². The molecule has 2 unspecified atom stereocenters. The van der Waals surface area contributed by atoms with E-state index in [0.717, 1.165) is 24.9 Å². The van der Waals surface area contributed by atoms with Gasteiger partial charge < -0.3 is 10.1 Å². The quantitative estimate of drug-likeness (QED) is 0.806. The van der Waals surface area contributed by atoms with Crippen molar-refractivity contribution in [2.45, 2.75) is 52.2 Å². The van der Waals surface area contributed by atoms with Gasteiger partial charge in [0.05, 0.1) is 11.6 Å². The van der Waals surface area contributed by atoms with E-state index in [2.05, 4.69) is 26.1 Å². The number of nitrogens with one attached hydrogen (secondary N) is 1. The predicted octanol–water partition coefficient (Wildman–Crippen LogP) is 3.99. The summed E-state index contributed by atoms with van der Waals surface area (Å²) < 4.78 is 19.1. The zero-order valence-electron chi connectivity index (χ0n) is 12.7. The fourth-order valence-corrected chi connectivity index (χ4v) is 2.29. The highest BCUT2D eigenvalue weighted by Gasteiger charge is 2.33. The average molecular weight is 267 g/mol. The van der Waals surface area contributed by atoms with Crippen LogP contribution in [0.1, 0.15) is 50.8 Å². The molecule has 1 N–H and O–H groups in total. The zero-order chi connectivity index (χ0) is 14.5. The first-order chi connectivity index (χ1) is 8.98. The molecule has 0 amide bonds. The number of ether oxygens (including phenoxy) is 1. The third-order valence-electron chi connectivity index (χ3n) is 3.89. The molecule has 0 aliphatic rings. The summed E-state index contributed by atoms with van der Waals surface area (Å²) in [4.78, 5) is 0. The van der Waals surface area contributed by atoms with Crippen LogP contribution in [0.3, 0.4) is 0 Å². The van der Waals surface area contributed by atoms with Crippen molar-refractivity contribution in [2.75, 3.05) is 13.7 Å². The molecule has 0 aromatic heterocycles. The summed E-state index contributed by atoms with van der Waals surface area (Å²) in [7, 11) is 1.74. The molecule has 1 aromatic carbocycles. The van der Waals surface area contributed by atoms with Gasteiger partial charge in [-0.05, 0) is 50.4 Å². The highest BCUT2D eigenvalue weighted by molar-refractivity contribution is 5.28. The molecule has 3 heteroatoms. The van der Waals surface area contributed by atoms with Crippen LogP contribution < -0.4 is 5.32 Å². The van der Waals surface area contributed by atoms with Crippen LogP contribution in [0.15, 0.2) is 18.2 Å². The van der Waals surface area contributed by atoms with Crippen LogP contribution in [-0.2, 0) is 4.74 Å². The first kappa shape index (κ1) is 16.1. The smallest absolute Gasteiger partial charge is 0.126 e. The number of aryl methyl sites for hydroxylation is 1. The Bertz CT molecular complexity index is 402. The molecule has 1 rings (SSSR count). The summed E-state index contributed by atoms with van der Waals surface area (Å²) in [5.41, 5.74) is 1.47. The van der Waals surface area contributed by atoms with Gasteiger partial charge in [-0.25, -0.2) is 4.39 Å². The predicted molar refractivity (Wildman–Crippen MR) is 77.9 cm³/mol. The van der Waals surface area contributed by atoms with Gasteiger partial charge in [-0.2, -0.15) is 0 Å². The fraction of sp³-hybridized carbons (Fsp3) is 0.625. The van der Waals surface area contributed by atoms with Gasteiger partial charge in [-0.15, -0.1) is 0 Å². The van der Waals surface area contributed by atoms with Gasteiger partial charge in [0.2, 0.25) is 0 Å². The topological polar surface area (TPSA) is 21.3 Å². The minimum Gasteiger partial charge on any atom is -0.377 e. The van der Waals surface area contributed by atoms with Crippen LogP contribution in [0.4, 0.5) is 4.39 Å². The lowest BCUT2D eigenvalue weighted by molar-refractivity contribution is -0.0299. The molecule has 0 fully saturated rings. The number of rotatable bonds is 7. The maximum absolute atomic E-state index is 13.4. The van der Waals surface area contributed by atoms with Crippen LogP contribution in [0.2, 0.25) is 0 Å². The van der Waals surface area contributed by atoms with Crippen LogP contribution in [-0.4, -0.2) is 19.3 Å². The first-order valence-electron chi connectivity index (χ1n) is 7.03. The molecule has 0 spiro atoms. The maximum atomic E-state index is 13.4. The summed E-state index contributed by atoms with van der Waals surface area (Å²) in [5, 5.41) is 3.53. The number of halogens is 1. The molecule has 0 aliphatic carbocycles. The summed E-state index contributed by atoms with van der Waals surface area (Å²) in [6.45, 7) is 9.06. The van der Waals surface area contributed by atoms with Crippen LogP contribution in [0.25, 0.3) is 0 Å². The highest BCUT2D eigenvalue weighted by Crippen LogP contribution is 2.32. The second-order valence-electron chi connectivity index (χ2n) is 5.27. The van der Waals surface area contributed by atoms with E-state index in [1.807, 2.05) is 12.1 Å². The van der Waals surface area contributed by atoms with Gasteiger partial charge >= 0.3 is 0 Å². The summed E-state index contributed by atoms with van der Waals surface area (Å²) in [5.74, 6) is -0.159. The maximum Gasteiger partial charge on any atom is 0.126 e. The average Bonchev–Trinajstić information content (AvgIpc) is 2.42. The minimum atomic E-state index is -0.292. The van der Waals surface area contributed by atoms with E-state index in [9.17, 15) is 4.39 Å². The summed E-state index contributed by atoms with van der Waals surface area (Å²) >= 11 is 0. The molecule has 0 heterocycles. The number of hydrogen-bond acceptors (Lipinski definition) is 2. The molecular formula is C16H26FNO. The summed E-state index contributed by atoms with van der Waals surface area (Å²) in [6, 6.07) is 5.37. The van der Waals surface area contributed by atoms with E-state index in [-0.39, 0.29) is 17.5 Å². The first-order valence-corrected chi connectivity index (χ1v) is 7.03. The third-order valence-corrected chi connectivity index (χ3v) is 3.89. The lowest BCUT2D eigenvalue weighted by Gasteiger charge is -2.37. The molecule has 19 heavy (non-hydrogen) atoms. The van der Waals surface area contributed by atoms with Gasteiger partial charge in [0.15, 0.2) is 0 Å². The molecular weight excluding hydrogens is 241 g/mol. The molecule has 0 bridgehead atoms. The van der Waals surface area contributed by atoms with Crippen molar-refractivity contribution in [1.82, 2.24) is 5.32 Å². The Hall–Kier alpha value is -0.930. The molecule has 2 atom stereocenters. The molecule has 1 aromatic rings. The van der Waals surface area contributed by atoms with E-state index in [4.69, 9.17) is 4.74 Å². The monoisotopic (exact) mass is 267 g/mol. The lowest BCUT2D eigenvalue weighted by Crippen LogP contribution is -2.43. The van der Waals surface area contributed by atoms with Gasteiger partial charge in [0.1, 0.15) is 5.82 Å². The number of methoxy groups -OCH3 is 1. The standard InChI is InChI=1S/C16H26FNO/c1-6-10-18-15(16(4,7-2)19-5)13-8-9-14(17)12(3)11-13/h8-9,11,15,18H,6-7,10H2,1-5H3. The van der Waals surface area contributed by atoms with E-state index in [1.54, 1.807) is 14.0 Å². The van der Waals surface area contributed by atoms with Gasteiger partial charge in [0, 0.05) is 7.11 Å². The Morgan fingerprint density at radius 2 is 2.05 bits per heavy atom. The largest absolute Gasteiger partial charge is 0.377 e. The lowest BCUT2D eigenvalue weighted by atomic mass is 9.87. The molecule has 0 saturated heterocycles. The zero-order valence-corrected chi connectivity index (χ0v) is 12.7. The summed E-state index contributed by atoms with van der Waals surface area (Å²) in [6.07, 6.45) is 1.95. The van der Waals surface area contributed by atoms with Crippen molar-refractivity contribution in [2.24, 2.45) is 0 Å². The molecule has 0 saturated carbocycles. The van der Waals surface area contributed by atoms with Crippen molar-refractivity contribution < 1.29 is 9.13 Å². The Morgan fingerprint density at radius 1 is 1.37 bits per heavy atom. The normalized spacial score (nSPS) is 16.1. The van der Waals surface area contributed by atoms with E-state index in [1.165, 1.54) is 6.07 Å². The van der Waals surface area contributed by atoms with E-state index in [0.29, 0.717) is 5.56 Å². The van der Waals surface area contributed by atoms with Gasteiger partial charge in [0.25, 0.3) is 0 Å². The number of hydrogen-bond donors (Lipinski definition) is 1. The Balaban J connectivity index is 3.11. The fourth-order valence-electron chi connectivity index (χ4n) is 2.29. The molecule has 0 aliphatic heterocycles. The van der Waals surface area contributed by atoms with Crippen LogP contribution >= 0.6 is 0 Å². The van der Waals surface area contributed by atoms with Crippen molar-refractivity contribution in [3.8, 4) is 0 Å². The molecule has 0 radical (unpaired) electrons. The van der Waals surface area contributed by atoms with Crippen LogP contribution in [0, 0.1) is 12.7 Å². The Kier molecular flexibility index (Phi) is 5.95. The number of benzene rings is 1. The molecule has 108 valence electrons. The van der Waals surface area contributed by atoms with Gasteiger partial charge in [-0.1, -0.05) is 26.0 Å². The second-order valence-corrected chi connectivity index (χ2v) is 5.27. The van der Waals surface area contributed by atoms with Crippen molar-refractivity contribution in [1.29, 1.82) is 0 Å². The van der Waals surface area contributed by atoms with E-state index < -0.39 is 0 Å². The highest BCUT2D eigenvalue weighted by atomic mass is 19.1. The van der Waals surface area contributed by atoms with Crippen molar-refractivity contribution in [3.05, 3.63) is 35.1 Å². The van der Waals surface area contributed by atoms with Crippen molar-refractivity contribution >= 4 is 0 Å². The Labute approximate surface area is 116 Å². The second kappa shape index (κ2) is 7.01. The minimum absolute atomic E-state index is 0.0711.